The molecule has 0 bridgehead atoms. The summed E-state index contributed by atoms with van der Waals surface area (Å²) in [5.74, 6) is -1.41. The van der Waals surface area contributed by atoms with Crippen LogP contribution >= 0.6 is 12.2 Å². The fourth-order valence-electron chi connectivity index (χ4n) is 4.82. The van der Waals surface area contributed by atoms with Crippen molar-refractivity contribution in [2.24, 2.45) is 17.6 Å². The average molecular weight is 534 g/mol. The number of nitrogens with zero attached hydrogens (tertiary/aromatic N) is 2. The first-order chi connectivity index (χ1) is 17.5. The van der Waals surface area contributed by atoms with Gasteiger partial charge < -0.3 is 30.1 Å². The second-order valence-electron chi connectivity index (χ2n) is 9.74. The van der Waals surface area contributed by atoms with Crippen LogP contribution in [0.25, 0.3) is 0 Å². The highest BCUT2D eigenvalue weighted by Gasteiger charge is 2.35. The van der Waals surface area contributed by atoms with Crippen molar-refractivity contribution < 1.29 is 33.8 Å². The van der Waals surface area contributed by atoms with Crippen LogP contribution in [0.4, 0.5) is 4.79 Å². The number of piperidine rings is 2. The monoisotopic (exact) mass is 533 g/mol. The number of carboxylic acid groups (broad SMARTS) is 1. The molecular weight excluding hydrogens is 498 g/mol. The number of hydrogen-bond donors (Lipinski definition) is 2. The Morgan fingerprint density at radius 1 is 1.05 bits per heavy atom. The lowest BCUT2D eigenvalue weighted by Crippen LogP contribution is -2.48. The third-order valence-corrected chi connectivity index (χ3v) is 7.12. The van der Waals surface area contributed by atoms with E-state index in [1.807, 2.05) is 0 Å². The van der Waals surface area contributed by atoms with Crippen LogP contribution in [-0.2, 0) is 19.1 Å². The molecule has 11 heteroatoms. The number of Topliss-reactive ketones (excluding diaryl/α,β-unsaturated/α-hetero) is 1. The molecule has 1 aromatic rings. The molecule has 2 heterocycles. The first-order valence-electron chi connectivity index (χ1n) is 12.6. The van der Waals surface area contributed by atoms with Gasteiger partial charge in [0.25, 0.3) is 0 Å². The summed E-state index contributed by atoms with van der Waals surface area (Å²) in [5, 5.41) is 9.33. The van der Waals surface area contributed by atoms with Gasteiger partial charge >= 0.3 is 12.1 Å². The highest BCUT2D eigenvalue weighted by molar-refractivity contribution is 7.80. The van der Waals surface area contributed by atoms with E-state index in [-0.39, 0.29) is 41.7 Å². The Balaban J connectivity index is 1.51. The van der Waals surface area contributed by atoms with E-state index >= 15 is 0 Å². The van der Waals surface area contributed by atoms with E-state index in [1.54, 1.807) is 36.1 Å². The van der Waals surface area contributed by atoms with Gasteiger partial charge in [0.05, 0.1) is 6.10 Å². The number of nitrogens with two attached hydrogens (primary N) is 1. The minimum atomic E-state index is -0.998. The van der Waals surface area contributed by atoms with Gasteiger partial charge in [0, 0.05) is 62.5 Å². The maximum atomic E-state index is 13.0. The summed E-state index contributed by atoms with van der Waals surface area (Å²) in [4.78, 5) is 52.0. The summed E-state index contributed by atoms with van der Waals surface area (Å²) in [5.41, 5.74) is 6.78. The number of likely N-dealkylation sites (tertiary alicyclic amines) is 2. The largest absolute Gasteiger partial charge is 0.465 e. The maximum absolute atomic E-state index is 13.0. The van der Waals surface area contributed by atoms with E-state index in [0.29, 0.717) is 56.4 Å². The van der Waals surface area contributed by atoms with Crippen molar-refractivity contribution >= 4 is 41.0 Å². The number of hydrogen-bond acceptors (Lipinski definition) is 7. The van der Waals surface area contributed by atoms with E-state index in [1.165, 1.54) is 11.8 Å². The van der Waals surface area contributed by atoms with Crippen molar-refractivity contribution in [3.63, 3.8) is 0 Å². The van der Waals surface area contributed by atoms with Crippen molar-refractivity contribution in [3.05, 3.63) is 35.4 Å². The average Bonchev–Trinajstić information content (AvgIpc) is 2.88. The van der Waals surface area contributed by atoms with E-state index in [2.05, 4.69) is 0 Å². The van der Waals surface area contributed by atoms with Gasteiger partial charge in [-0.05, 0) is 25.7 Å². The Hall–Kier alpha value is -3.05. The summed E-state index contributed by atoms with van der Waals surface area (Å²) in [6.45, 7) is 4.68. The predicted molar refractivity (Wildman–Crippen MR) is 139 cm³/mol. The molecule has 0 spiro atoms. The molecular formula is C26H35N3O7S. The molecule has 0 saturated carbocycles. The molecule has 1 aromatic carbocycles. The van der Waals surface area contributed by atoms with Gasteiger partial charge in [-0.2, -0.15) is 0 Å². The molecule has 1 unspecified atom stereocenters. The SMILES string of the molecule is CC(=O)OC(OC1CCN(C(=O)[C@H](C)CC(=O)c2ccc(C(N)=S)cc2)CC1)[C@H]1CCCN(C(=O)O)C1. The van der Waals surface area contributed by atoms with Gasteiger partial charge in [-0.3, -0.25) is 14.4 Å². The Kier molecular flexibility index (Phi) is 9.99. The molecule has 2 aliphatic rings. The standard InChI is InChI=1S/C26H35N3O7S/c1-16(14-22(31)18-5-7-19(8-6-18)23(27)37)24(32)28-12-9-21(10-13-28)36-25(35-17(2)30)20-4-3-11-29(15-20)26(33)34/h5-8,16,20-21,25H,3-4,9-15H2,1-2H3,(H2,27,37)(H,33,34)/t16-,20+,25?/m1/s1. The first kappa shape index (κ1) is 28.5. The molecule has 2 aliphatic heterocycles. The summed E-state index contributed by atoms with van der Waals surface area (Å²) in [7, 11) is 0. The van der Waals surface area contributed by atoms with Gasteiger partial charge in [0.2, 0.25) is 12.2 Å². The van der Waals surface area contributed by atoms with Crippen molar-refractivity contribution in [1.82, 2.24) is 9.80 Å². The zero-order chi connectivity index (χ0) is 27.1. The molecule has 0 aromatic heterocycles. The fourth-order valence-corrected chi connectivity index (χ4v) is 4.96. The number of ketones is 1. The number of carbonyl (C=O) groups excluding carboxylic acids is 3. The third-order valence-electron chi connectivity index (χ3n) is 6.88. The second kappa shape index (κ2) is 13.0. The van der Waals surface area contributed by atoms with Crippen molar-refractivity contribution in [2.75, 3.05) is 26.2 Å². The van der Waals surface area contributed by atoms with Crippen LogP contribution in [0.15, 0.2) is 24.3 Å². The Morgan fingerprint density at radius 3 is 2.24 bits per heavy atom. The molecule has 3 N–H and O–H groups in total. The highest BCUT2D eigenvalue weighted by Crippen LogP contribution is 2.27. The maximum Gasteiger partial charge on any atom is 0.407 e. The first-order valence-corrected chi connectivity index (χ1v) is 13.0. The van der Waals surface area contributed by atoms with E-state index in [0.717, 1.165) is 0 Å². The number of rotatable bonds is 9. The lowest BCUT2D eigenvalue weighted by molar-refractivity contribution is -0.211. The number of thiocarbonyl (C=S) groups is 1. The molecule has 0 aliphatic carbocycles. The molecule has 3 rings (SSSR count). The van der Waals surface area contributed by atoms with Gasteiger partial charge in [-0.15, -0.1) is 0 Å². The minimum Gasteiger partial charge on any atom is -0.465 e. The highest BCUT2D eigenvalue weighted by atomic mass is 32.1. The van der Waals surface area contributed by atoms with Crippen LogP contribution in [-0.4, -0.2) is 82.2 Å². The Morgan fingerprint density at radius 2 is 1.68 bits per heavy atom. The van der Waals surface area contributed by atoms with E-state index in [9.17, 15) is 24.3 Å². The van der Waals surface area contributed by atoms with Crippen LogP contribution < -0.4 is 5.73 Å². The zero-order valence-corrected chi connectivity index (χ0v) is 22.1. The van der Waals surface area contributed by atoms with E-state index < -0.39 is 24.3 Å². The smallest absolute Gasteiger partial charge is 0.407 e. The topological polar surface area (TPSA) is 139 Å². The molecule has 2 saturated heterocycles. The molecule has 10 nitrogen and oxygen atoms in total. The van der Waals surface area contributed by atoms with Crippen molar-refractivity contribution in [1.29, 1.82) is 0 Å². The lowest BCUT2D eigenvalue weighted by atomic mass is 9.96. The quantitative estimate of drug-likeness (QED) is 0.212. The van der Waals surface area contributed by atoms with Gasteiger partial charge in [-0.25, -0.2) is 4.79 Å². The summed E-state index contributed by atoms with van der Waals surface area (Å²) >= 11 is 4.93. The predicted octanol–water partition coefficient (Wildman–Crippen LogP) is 2.82. The lowest BCUT2D eigenvalue weighted by Gasteiger charge is -2.38. The van der Waals surface area contributed by atoms with Gasteiger partial charge in [-0.1, -0.05) is 43.4 Å². The number of amides is 2. The molecule has 37 heavy (non-hydrogen) atoms. The number of carbonyl (C=O) groups is 4. The number of esters is 1. The number of ether oxygens (including phenoxy) is 2. The molecule has 2 fully saturated rings. The zero-order valence-electron chi connectivity index (χ0n) is 21.3. The molecule has 202 valence electrons. The van der Waals surface area contributed by atoms with Crippen LogP contribution in [0.2, 0.25) is 0 Å². The third kappa shape index (κ3) is 7.96. The van der Waals surface area contributed by atoms with Gasteiger partial charge in [0.15, 0.2) is 5.78 Å². The minimum absolute atomic E-state index is 0.0903. The number of benzene rings is 1. The molecule has 2 amide bonds. The van der Waals surface area contributed by atoms with E-state index in [4.69, 9.17) is 27.4 Å². The molecule has 0 radical (unpaired) electrons. The van der Waals surface area contributed by atoms with Crippen LogP contribution in [0.3, 0.4) is 0 Å². The Labute approximate surface area is 222 Å². The van der Waals surface area contributed by atoms with Gasteiger partial charge in [0.1, 0.15) is 4.99 Å². The second-order valence-corrected chi connectivity index (χ2v) is 10.2. The summed E-state index contributed by atoms with van der Waals surface area (Å²) in [6.07, 6.45) is 0.527. The van der Waals surface area contributed by atoms with Crippen molar-refractivity contribution in [3.8, 4) is 0 Å². The van der Waals surface area contributed by atoms with Crippen LogP contribution in [0, 0.1) is 11.8 Å². The van der Waals surface area contributed by atoms with Crippen LogP contribution in [0.1, 0.15) is 61.9 Å². The normalized spacial score (nSPS) is 20.1. The Bertz CT molecular complexity index is 1010. The van der Waals surface area contributed by atoms with Crippen molar-refractivity contribution in [2.45, 2.75) is 58.3 Å². The fraction of sp³-hybridized carbons (Fsp3) is 0.577. The summed E-state index contributed by atoms with van der Waals surface area (Å²) < 4.78 is 11.6. The van der Waals surface area contributed by atoms with Crippen LogP contribution in [0.5, 0.6) is 0 Å². The molecule has 3 atom stereocenters. The summed E-state index contributed by atoms with van der Waals surface area (Å²) in [6, 6.07) is 6.72.